The van der Waals surface area contributed by atoms with Crippen LogP contribution in [0.1, 0.15) is 34.3 Å². The molecule has 0 radical (unpaired) electrons. The first-order valence-electron chi connectivity index (χ1n) is 8.64. The Morgan fingerprint density at radius 3 is 2.62 bits per heavy atom. The fraction of sp³-hybridized carbons (Fsp3) is 0.300. The number of hydrogen-bond donors (Lipinski definition) is 3. The number of rotatable bonds is 5. The first-order valence-corrected chi connectivity index (χ1v) is 8.64. The van der Waals surface area contributed by atoms with E-state index >= 15 is 0 Å². The lowest BCUT2D eigenvalue weighted by atomic mass is 10.1. The van der Waals surface area contributed by atoms with Crippen LogP contribution in [0.4, 0.5) is 10.5 Å². The van der Waals surface area contributed by atoms with Gasteiger partial charge in [0.25, 0.3) is 5.91 Å². The minimum Gasteiger partial charge on any atom is -0.508 e. The minimum absolute atomic E-state index is 0.120. The molecule has 3 N–H and O–H groups in total. The molecule has 0 aliphatic heterocycles. The van der Waals surface area contributed by atoms with Gasteiger partial charge in [0, 0.05) is 29.9 Å². The second-order valence-electron chi connectivity index (χ2n) is 6.69. The summed E-state index contributed by atoms with van der Waals surface area (Å²) in [6, 6.07) is 12.2. The number of amides is 3. The molecule has 0 spiro atoms. The van der Waals surface area contributed by atoms with E-state index < -0.39 is 0 Å². The molecule has 1 aliphatic rings. The number of para-hydroxylation sites is 1. The summed E-state index contributed by atoms with van der Waals surface area (Å²) >= 11 is 0. The van der Waals surface area contributed by atoms with Gasteiger partial charge in [-0.05, 0) is 43.5 Å². The summed E-state index contributed by atoms with van der Waals surface area (Å²) in [5, 5.41) is 15.6. The summed E-state index contributed by atoms with van der Waals surface area (Å²) in [7, 11) is 1.65. The van der Waals surface area contributed by atoms with Crippen molar-refractivity contribution in [2.75, 3.05) is 12.4 Å². The number of aromatic hydroxyl groups is 1. The molecule has 0 heterocycles. The second kappa shape index (κ2) is 7.47. The third-order valence-electron chi connectivity index (χ3n) is 4.40. The first kappa shape index (κ1) is 17.8. The Labute approximate surface area is 152 Å². The van der Waals surface area contributed by atoms with Gasteiger partial charge in [0.15, 0.2) is 0 Å². The Bertz CT molecular complexity index is 831. The number of phenolic OH excluding ortho intramolecular Hbond substituents is 1. The minimum atomic E-state index is -0.309. The monoisotopic (exact) mass is 353 g/mol. The highest BCUT2D eigenvalue weighted by molar-refractivity contribution is 5.97. The Hall–Kier alpha value is -3.02. The van der Waals surface area contributed by atoms with Crippen molar-refractivity contribution in [1.29, 1.82) is 0 Å². The fourth-order valence-electron chi connectivity index (χ4n) is 2.58. The van der Waals surface area contributed by atoms with Crippen molar-refractivity contribution in [1.82, 2.24) is 10.2 Å². The van der Waals surface area contributed by atoms with Crippen LogP contribution in [0.15, 0.2) is 42.5 Å². The summed E-state index contributed by atoms with van der Waals surface area (Å²) in [4.78, 5) is 26.2. The number of nitrogens with one attached hydrogen (secondary N) is 2. The summed E-state index contributed by atoms with van der Waals surface area (Å²) in [5.74, 6) is 0.0348. The van der Waals surface area contributed by atoms with E-state index in [1.165, 1.54) is 4.90 Å². The van der Waals surface area contributed by atoms with Gasteiger partial charge in [-0.3, -0.25) is 4.79 Å². The smallest absolute Gasteiger partial charge is 0.321 e. The van der Waals surface area contributed by atoms with E-state index in [0.717, 1.165) is 18.4 Å². The maximum absolute atomic E-state index is 12.5. The van der Waals surface area contributed by atoms with E-state index in [9.17, 15) is 14.7 Å². The Balaban J connectivity index is 1.67. The normalized spacial score (nSPS) is 13.2. The molecule has 2 aromatic carbocycles. The number of benzene rings is 2. The van der Waals surface area contributed by atoms with Crippen molar-refractivity contribution in [2.24, 2.45) is 0 Å². The number of phenols is 1. The van der Waals surface area contributed by atoms with E-state index in [0.29, 0.717) is 16.8 Å². The molecule has 0 aromatic heterocycles. The van der Waals surface area contributed by atoms with Gasteiger partial charge < -0.3 is 20.6 Å². The van der Waals surface area contributed by atoms with Gasteiger partial charge in [0.05, 0.1) is 6.54 Å². The number of aryl methyl sites for hydroxylation is 1. The largest absolute Gasteiger partial charge is 0.508 e. The predicted molar refractivity (Wildman–Crippen MR) is 100 cm³/mol. The molecule has 2 aromatic rings. The molecule has 136 valence electrons. The van der Waals surface area contributed by atoms with Crippen molar-refractivity contribution in [3.05, 3.63) is 59.2 Å². The Kier molecular flexibility index (Phi) is 5.11. The van der Waals surface area contributed by atoms with Crippen LogP contribution in [0.2, 0.25) is 0 Å². The third kappa shape index (κ3) is 4.33. The van der Waals surface area contributed by atoms with Crippen LogP contribution in [0.5, 0.6) is 5.75 Å². The van der Waals surface area contributed by atoms with E-state index in [1.807, 2.05) is 19.1 Å². The Morgan fingerprint density at radius 1 is 1.19 bits per heavy atom. The average Bonchev–Trinajstić information content (AvgIpc) is 3.42. The van der Waals surface area contributed by atoms with Crippen molar-refractivity contribution < 1.29 is 14.7 Å². The van der Waals surface area contributed by atoms with Gasteiger partial charge in [-0.2, -0.15) is 0 Å². The van der Waals surface area contributed by atoms with Crippen molar-refractivity contribution in [3.8, 4) is 5.75 Å². The highest BCUT2D eigenvalue weighted by Crippen LogP contribution is 2.22. The number of carbonyl (C=O) groups is 2. The molecule has 0 unspecified atom stereocenters. The lowest BCUT2D eigenvalue weighted by Gasteiger charge is -2.19. The standard InChI is InChI=1S/C20H23N3O3/c1-13-7-8-14(19(25)21-16-9-10-16)11-17(13)22-20(26)23(2)12-15-5-3-4-6-18(15)24/h3-8,11,16,24H,9-10,12H2,1-2H3,(H,21,25)(H,22,26). The molecule has 1 saturated carbocycles. The highest BCUT2D eigenvalue weighted by Gasteiger charge is 2.24. The molecule has 3 rings (SSSR count). The van der Waals surface area contributed by atoms with Gasteiger partial charge in [-0.25, -0.2) is 4.79 Å². The molecular weight excluding hydrogens is 330 g/mol. The first-order chi connectivity index (χ1) is 12.4. The van der Waals surface area contributed by atoms with Crippen LogP contribution in [0.25, 0.3) is 0 Å². The molecule has 3 amide bonds. The zero-order valence-corrected chi connectivity index (χ0v) is 15.0. The average molecular weight is 353 g/mol. The molecule has 26 heavy (non-hydrogen) atoms. The lowest BCUT2D eigenvalue weighted by molar-refractivity contribution is 0.0951. The summed E-state index contributed by atoms with van der Waals surface area (Å²) in [6.07, 6.45) is 2.05. The number of anilines is 1. The highest BCUT2D eigenvalue weighted by atomic mass is 16.3. The van der Waals surface area contributed by atoms with Gasteiger partial charge >= 0.3 is 6.03 Å². The number of urea groups is 1. The molecule has 0 bridgehead atoms. The van der Waals surface area contributed by atoms with Crippen LogP contribution in [0.3, 0.4) is 0 Å². The quantitative estimate of drug-likeness (QED) is 0.772. The van der Waals surface area contributed by atoms with Crippen molar-refractivity contribution >= 4 is 17.6 Å². The molecular formula is C20H23N3O3. The SMILES string of the molecule is Cc1ccc(C(=O)NC2CC2)cc1NC(=O)N(C)Cc1ccccc1O. The van der Waals surface area contributed by atoms with E-state index in [4.69, 9.17) is 0 Å². The second-order valence-corrected chi connectivity index (χ2v) is 6.69. The topological polar surface area (TPSA) is 81.7 Å². The van der Waals surface area contributed by atoms with E-state index in [1.54, 1.807) is 37.4 Å². The molecule has 0 saturated heterocycles. The van der Waals surface area contributed by atoms with Crippen LogP contribution in [0, 0.1) is 6.92 Å². The number of hydrogen-bond acceptors (Lipinski definition) is 3. The van der Waals surface area contributed by atoms with Gasteiger partial charge in [-0.15, -0.1) is 0 Å². The summed E-state index contributed by atoms with van der Waals surface area (Å²) < 4.78 is 0. The molecule has 1 aliphatic carbocycles. The van der Waals surface area contributed by atoms with Crippen LogP contribution < -0.4 is 10.6 Å². The maximum Gasteiger partial charge on any atom is 0.321 e. The number of nitrogens with zero attached hydrogens (tertiary/aromatic N) is 1. The summed E-state index contributed by atoms with van der Waals surface area (Å²) in [6.45, 7) is 2.15. The lowest BCUT2D eigenvalue weighted by Crippen LogP contribution is -2.31. The van der Waals surface area contributed by atoms with Gasteiger partial charge in [0.1, 0.15) is 5.75 Å². The van der Waals surface area contributed by atoms with Crippen LogP contribution >= 0.6 is 0 Å². The molecule has 1 fully saturated rings. The number of carbonyl (C=O) groups excluding carboxylic acids is 2. The molecule has 6 heteroatoms. The fourth-order valence-corrected chi connectivity index (χ4v) is 2.58. The van der Waals surface area contributed by atoms with Crippen molar-refractivity contribution in [2.45, 2.75) is 32.4 Å². The van der Waals surface area contributed by atoms with E-state index in [-0.39, 0.29) is 30.3 Å². The van der Waals surface area contributed by atoms with Gasteiger partial charge in [-0.1, -0.05) is 24.3 Å². The van der Waals surface area contributed by atoms with Gasteiger partial charge in [0.2, 0.25) is 0 Å². The van der Waals surface area contributed by atoms with Crippen molar-refractivity contribution in [3.63, 3.8) is 0 Å². The molecule has 0 atom stereocenters. The molecule has 6 nitrogen and oxygen atoms in total. The predicted octanol–water partition coefficient (Wildman–Crippen LogP) is 3.26. The zero-order chi connectivity index (χ0) is 18.7. The van der Waals surface area contributed by atoms with Crippen LogP contribution in [-0.2, 0) is 6.54 Å². The third-order valence-corrected chi connectivity index (χ3v) is 4.40. The summed E-state index contributed by atoms with van der Waals surface area (Å²) in [5.41, 5.74) is 2.67. The van der Waals surface area contributed by atoms with Crippen LogP contribution in [-0.4, -0.2) is 35.0 Å². The Morgan fingerprint density at radius 2 is 1.92 bits per heavy atom. The van der Waals surface area contributed by atoms with E-state index in [2.05, 4.69) is 10.6 Å². The zero-order valence-electron chi connectivity index (χ0n) is 15.0. The maximum atomic E-state index is 12.5.